The average molecular weight is 728 g/mol. The van der Waals surface area contributed by atoms with E-state index in [1.165, 1.54) is 113 Å². The number of hydrogen-bond donors (Lipinski definition) is 0. The second-order valence-electron chi connectivity index (χ2n) is 14.8. The zero-order chi connectivity index (χ0) is 36.7. The largest absolute Gasteiger partial charge is 0.309 e. The number of rotatable bonds is 4. The summed E-state index contributed by atoms with van der Waals surface area (Å²) in [6.07, 6.45) is 0. The molecule has 0 aliphatic heterocycles. The Morgan fingerprint density at radius 2 is 0.875 bits per heavy atom. The van der Waals surface area contributed by atoms with E-state index in [0.717, 1.165) is 0 Å². The van der Waals surface area contributed by atoms with E-state index in [-0.39, 0.29) is 0 Å². The highest BCUT2D eigenvalue weighted by atomic mass is 32.1. The summed E-state index contributed by atoms with van der Waals surface area (Å²) in [6, 6.07) is 74.0. The van der Waals surface area contributed by atoms with Crippen LogP contribution in [0.2, 0.25) is 0 Å². The van der Waals surface area contributed by atoms with E-state index in [9.17, 15) is 0 Å². The maximum absolute atomic E-state index is 2.42. The topological polar surface area (TPSA) is 4.93 Å². The van der Waals surface area contributed by atoms with Crippen molar-refractivity contribution in [1.29, 1.82) is 0 Å². The van der Waals surface area contributed by atoms with Gasteiger partial charge in [-0.2, -0.15) is 0 Å². The van der Waals surface area contributed by atoms with Crippen LogP contribution in [0.3, 0.4) is 0 Å². The van der Waals surface area contributed by atoms with Crippen molar-refractivity contribution >= 4 is 85.6 Å². The summed E-state index contributed by atoms with van der Waals surface area (Å²) in [6.45, 7) is 0. The van der Waals surface area contributed by atoms with Crippen LogP contribution in [0.4, 0.5) is 0 Å². The summed E-state index contributed by atoms with van der Waals surface area (Å²) in [7, 11) is 0. The van der Waals surface area contributed by atoms with Crippen LogP contribution in [0, 0.1) is 0 Å². The van der Waals surface area contributed by atoms with E-state index < -0.39 is 0 Å². The number of aromatic nitrogens is 1. The van der Waals surface area contributed by atoms with Crippen molar-refractivity contribution in [3.05, 3.63) is 200 Å². The van der Waals surface area contributed by atoms with Crippen LogP contribution in [0.5, 0.6) is 0 Å². The van der Waals surface area contributed by atoms with Gasteiger partial charge in [-0.15, -0.1) is 11.3 Å². The molecule has 0 spiro atoms. The number of thiophene rings is 1. The van der Waals surface area contributed by atoms with E-state index in [0.29, 0.717) is 0 Å². The van der Waals surface area contributed by atoms with Crippen molar-refractivity contribution < 1.29 is 0 Å². The highest BCUT2D eigenvalue weighted by molar-refractivity contribution is 7.26. The molecule has 0 atom stereocenters. The molecule has 12 rings (SSSR count). The molecule has 2 heteroatoms. The normalized spacial score (nSPS) is 11.9. The molecular formula is C54H33NS. The van der Waals surface area contributed by atoms with Gasteiger partial charge in [0, 0.05) is 36.6 Å². The quantitative estimate of drug-likeness (QED) is 0.159. The van der Waals surface area contributed by atoms with Gasteiger partial charge in [0.1, 0.15) is 0 Å². The molecular weight excluding hydrogens is 695 g/mol. The van der Waals surface area contributed by atoms with Gasteiger partial charge in [0.25, 0.3) is 0 Å². The molecule has 0 saturated carbocycles. The van der Waals surface area contributed by atoms with E-state index >= 15 is 0 Å². The highest BCUT2D eigenvalue weighted by Crippen LogP contribution is 2.47. The van der Waals surface area contributed by atoms with Crippen molar-refractivity contribution in [1.82, 2.24) is 4.57 Å². The number of para-hydroxylation sites is 2. The number of nitrogens with zero attached hydrogens (tertiary/aromatic N) is 1. The number of fused-ring (bicyclic) bond motifs is 9. The minimum Gasteiger partial charge on any atom is -0.309 e. The van der Waals surface area contributed by atoms with Crippen LogP contribution in [0.15, 0.2) is 200 Å². The Kier molecular flexibility index (Phi) is 6.87. The molecule has 0 bridgehead atoms. The van der Waals surface area contributed by atoms with Crippen molar-refractivity contribution in [3.63, 3.8) is 0 Å². The second-order valence-corrected chi connectivity index (χ2v) is 15.9. The number of hydrogen-bond acceptors (Lipinski definition) is 1. The first-order chi connectivity index (χ1) is 27.8. The van der Waals surface area contributed by atoms with E-state index in [4.69, 9.17) is 0 Å². The lowest BCUT2D eigenvalue weighted by Crippen LogP contribution is -1.93. The first-order valence-corrected chi connectivity index (χ1v) is 20.1. The Morgan fingerprint density at radius 1 is 0.321 bits per heavy atom. The van der Waals surface area contributed by atoms with Gasteiger partial charge >= 0.3 is 0 Å². The second kappa shape index (κ2) is 12.3. The average Bonchev–Trinajstić information content (AvgIpc) is 3.80. The smallest absolute Gasteiger partial charge is 0.0541 e. The third-order valence-electron chi connectivity index (χ3n) is 11.7. The lowest BCUT2D eigenvalue weighted by molar-refractivity contribution is 1.18. The summed E-state index contributed by atoms with van der Waals surface area (Å²) in [5, 5.41) is 12.8. The predicted molar refractivity (Wildman–Crippen MR) is 242 cm³/mol. The van der Waals surface area contributed by atoms with Gasteiger partial charge < -0.3 is 4.57 Å². The van der Waals surface area contributed by atoms with E-state index in [1.54, 1.807) is 0 Å². The molecule has 0 saturated heterocycles. The molecule has 0 aliphatic carbocycles. The van der Waals surface area contributed by atoms with Gasteiger partial charge in [0.15, 0.2) is 0 Å². The fourth-order valence-electron chi connectivity index (χ4n) is 9.29. The third-order valence-corrected chi connectivity index (χ3v) is 12.9. The maximum Gasteiger partial charge on any atom is 0.0541 e. The Hall–Kier alpha value is -7.00. The first-order valence-electron chi connectivity index (χ1n) is 19.3. The minimum atomic E-state index is 1.17. The molecule has 10 aromatic carbocycles. The molecule has 0 fully saturated rings. The van der Waals surface area contributed by atoms with Crippen LogP contribution < -0.4 is 0 Å². The van der Waals surface area contributed by atoms with Gasteiger partial charge in [0.05, 0.1) is 11.0 Å². The zero-order valence-corrected chi connectivity index (χ0v) is 31.2. The molecule has 1 nitrogen and oxygen atoms in total. The van der Waals surface area contributed by atoms with Gasteiger partial charge in [-0.3, -0.25) is 0 Å². The third kappa shape index (κ3) is 4.67. The maximum atomic E-state index is 2.42. The fourth-order valence-corrected chi connectivity index (χ4v) is 10.6. The van der Waals surface area contributed by atoms with Gasteiger partial charge in [0.2, 0.25) is 0 Å². The molecule has 260 valence electrons. The summed E-state index contributed by atoms with van der Waals surface area (Å²) in [5.74, 6) is 0. The van der Waals surface area contributed by atoms with Crippen LogP contribution in [-0.4, -0.2) is 4.57 Å². The summed E-state index contributed by atoms with van der Waals surface area (Å²) in [5.41, 5.74) is 11.1. The van der Waals surface area contributed by atoms with Crippen molar-refractivity contribution in [2.75, 3.05) is 0 Å². The Labute approximate surface area is 327 Å². The standard InChI is InChI=1S/C54H33NS/c1-2-18-39(19-3-1)55-49-27-11-10-20-41(49)47-32-38(28-29-50(47)55)53-44-23-8-6-21-42(44)52(43-22-7-9-24-45(43)53)37-17-12-16-36(30-37)40-25-13-26-46-48-31-34-14-4-5-15-35(34)33-51(48)56-54(40)46/h1-33H. The zero-order valence-electron chi connectivity index (χ0n) is 30.4. The van der Waals surface area contributed by atoms with Gasteiger partial charge in [-0.1, -0.05) is 152 Å². The molecule has 0 N–H and O–H groups in total. The van der Waals surface area contributed by atoms with Crippen molar-refractivity contribution in [3.8, 4) is 39.1 Å². The van der Waals surface area contributed by atoms with E-state index in [2.05, 4.69) is 205 Å². The molecule has 0 unspecified atom stereocenters. The molecule has 0 radical (unpaired) electrons. The summed E-state index contributed by atoms with van der Waals surface area (Å²) >= 11 is 1.90. The monoisotopic (exact) mass is 727 g/mol. The Balaban J connectivity index is 1.07. The van der Waals surface area contributed by atoms with Gasteiger partial charge in [-0.25, -0.2) is 0 Å². The first kappa shape index (κ1) is 31.4. The van der Waals surface area contributed by atoms with Crippen LogP contribution in [0.1, 0.15) is 0 Å². The fraction of sp³-hybridized carbons (Fsp3) is 0. The molecule has 12 aromatic rings. The van der Waals surface area contributed by atoms with Crippen molar-refractivity contribution in [2.24, 2.45) is 0 Å². The van der Waals surface area contributed by atoms with Crippen LogP contribution >= 0.6 is 11.3 Å². The SMILES string of the molecule is c1ccc(-n2c3ccccc3c3cc(-c4c5ccccc5c(-c5cccc(-c6cccc7c6sc6cc8ccccc8cc67)c5)c5ccccc45)ccc32)cc1. The molecule has 2 heterocycles. The van der Waals surface area contributed by atoms with Gasteiger partial charge in [-0.05, 0) is 114 Å². The Bertz CT molecular complexity index is 3470. The molecule has 0 amide bonds. The molecule has 2 aromatic heterocycles. The van der Waals surface area contributed by atoms with Crippen LogP contribution in [-0.2, 0) is 0 Å². The lowest BCUT2D eigenvalue weighted by Gasteiger charge is -2.18. The van der Waals surface area contributed by atoms with Crippen LogP contribution in [0.25, 0.3) is 113 Å². The Morgan fingerprint density at radius 3 is 1.61 bits per heavy atom. The summed E-state index contributed by atoms with van der Waals surface area (Å²) < 4.78 is 5.06. The van der Waals surface area contributed by atoms with E-state index in [1.807, 2.05) is 11.3 Å². The van der Waals surface area contributed by atoms with Crippen molar-refractivity contribution in [2.45, 2.75) is 0 Å². The molecule has 56 heavy (non-hydrogen) atoms. The molecule has 0 aliphatic rings. The number of benzene rings is 10. The lowest BCUT2D eigenvalue weighted by atomic mass is 9.85. The summed E-state index contributed by atoms with van der Waals surface area (Å²) in [4.78, 5) is 0. The predicted octanol–water partition coefficient (Wildman–Crippen LogP) is 15.6. The highest BCUT2D eigenvalue weighted by Gasteiger charge is 2.20. The minimum absolute atomic E-state index is 1.17.